The van der Waals surface area contributed by atoms with Crippen molar-refractivity contribution >= 4 is 24.2 Å². The van der Waals surface area contributed by atoms with Crippen LogP contribution < -0.4 is 11.2 Å². The van der Waals surface area contributed by atoms with Crippen LogP contribution in [-0.2, 0) is 0 Å². The average Bonchev–Trinajstić information content (AvgIpc) is 2.43. The SMILES string of the molecule is Nc1nc2c(B(O)O)cccn2n1. The Hall–Kier alpha value is -1.60. The van der Waals surface area contributed by atoms with Gasteiger partial charge in [0.25, 0.3) is 0 Å². The van der Waals surface area contributed by atoms with E-state index in [1.165, 1.54) is 4.52 Å². The van der Waals surface area contributed by atoms with Crippen molar-refractivity contribution in [2.45, 2.75) is 0 Å². The van der Waals surface area contributed by atoms with Gasteiger partial charge in [-0.05, 0) is 6.07 Å². The van der Waals surface area contributed by atoms with Gasteiger partial charge in [0.2, 0.25) is 5.95 Å². The summed E-state index contributed by atoms with van der Waals surface area (Å²) in [6.07, 6.45) is 1.63. The minimum Gasteiger partial charge on any atom is -0.423 e. The summed E-state index contributed by atoms with van der Waals surface area (Å²) in [5.41, 5.74) is 5.99. The topological polar surface area (TPSA) is 96.7 Å². The van der Waals surface area contributed by atoms with Gasteiger partial charge < -0.3 is 15.8 Å². The van der Waals surface area contributed by atoms with Crippen LogP contribution in [0.1, 0.15) is 0 Å². The highest BCUT2D eigenvalue weighted by atomic mass is 16.4. The summed E-state index contributed by atoms with van der Waals surface area (Å²) >= 11 is 0. The molecular weight excluding hydrogens is 171 g/mol. The zero-order valence-electron chi connectivity index (χ0n) is 6.62. The maximum absolute atomic E-state index is 8.96. The molecule has 2 rings (SSSR count). The minimum atomic E-state index is -1.56. The Morgan fingerprint density at radius 3 is 2.92 bits per heavy atom. The Morgan fingerprint density at radius 2 is 2.23 bits per heavy atom. The summed E-state index contributed by atoms with van der Waals surface area (Å²) in [6, 6.07) is 3.18. The van der Waals surface area contributed by atoms with Crippen LogP contribution in [0.2, 0.25) is 0 Å². The normalized spacial score (nSPS) is 10.6. The van der Waals surface area contributed by atoms with Crippen molar-refractivity contribution in [3.05, 3.63) is 18.3 Å². The van der Waals surface area contributed by atoms with Crippen molar-refractivity contribution in [3.63, 3.8) is 0 Å². The summed E-state index contributed by atoms with van der Waals surface area (Å²) in [7, 11) is -1.56. The van der Waals surface area contributed by atoms with E-state index < -0.39 is 7.12 Å². The highest BCUT2D eigenvalue weighted by Gasteiger charge is 2.16. The first-order valence-electron chi connectivity index (χ1n) is 3.65. The van der Waals surface area contributed by atoms with Crippen LogP contribution in [0.15, 0.2) is 18.3 Å². The molecule has 0 spiro atoms. The lowest BCUT2D eigenvalue weighted by atomic mass is 9.81. The second-order valence-electron chi connectivity index (χ2n) is 2.58. The Balaban J connectivity index is 2.75. The smallest absolute Gasteiger partial charge is 0.423 e. The van der Waals surface area contributed by atoms with Gasteiger partial charge in [-0.25, -0.2) is 4.52 Å². The Bertz CT molecular complexity index is 441. The highest BCUT2D eigenvalue weighted by Crippen LogP contribution is 1.99. The molecule has 0 aliphatic heterocycles. The first-order chi connectivity index (χ1) is 6.18. The molecule has 4 N–H and O–H groups in total. The quantitative estimate of drug-likeness (QED) is 0.438. The van der Waals surface area contributed by atoms with E-state index in [-0.39, 0.29) is 11.4 Å². The largest absolute Gasteiger partial charge is 0.492 e. The van der Waals surface area contributed by atoms with Gasteiger partial charge in [-0.3, -0.25) is 0 Å². The summed E-state index contributed by atoms with van der Waals surface area (Å²) in [5.74, 6) is 0.105. The predicted molar refractivity (Wildman–Crippen MR) is 47.2 cm³/mol. The molecule has 0 amide bonds. The van der Waals surface area contributed by atoms with Crippen LogP contribution in [0.3, 0.4) is 0 Å². The lowest BCUT2D eigenvalue weighted by Crippen LogP contribution is -2.31. The van der Waals surface area contributed by atoms with Crippen LogP contribution in [0.5, 0.6) is 0 Å². The maximum atomic E-state index is 8.96. The van der Waals surface area contributed by atoms with Crippen molar-refractivity contribution < 1.29 is 10.0 Å². The summed E-state index contributed by atoms with van der Waals surface area (Å²) < 4.78 is 1.39. The first-order valence-corrected chi connectivity index (χ1v) is 3.65. The van der Waals surface area contributed by atoms with Crippen LogP contribution in [-0.4, -0.2) is 31.8 Å². The van der Waals surface area contributed by atoms with Crippen LogP contribution in [0.25, 0.3) is 5.65 Å². The molecule has 2 aromatic rings. The van der Waals surface area contributed by atoms with E-state index in [1.54, 1.807) is 18.3 Å². The summed E-state index contributed by atoms with van der Waals surface area (Å²) in [5, 5.41) is 21.7. The lowest BCUT2D eigenvalue weighted by molar-refractivity contribution is 0.426. The molecule has 6 nitrogen and oxygen atoms in total. The third kappa shape index (κ3) is 1.23. The fourth-order valence-electron chi connectivity index (χ4n) is 1.14. The zero-order chi connectivity index (χ0) is 9.42. The van der Waals surface area contributed by atoms with E-state index in [1.807, 2.05) is 0 Å². The van der Waals surface area contributed by atoms with Crippen molar-refractivity contribution in [1.29, 1.82) is 0 Å². The molecule has 66 valence electrons. The molecule has 0 saturated heterocycles. The van der Waals surface area contributed by atoms with Gasteiger partial charge in [0.15, 0.2) is 5.65 Å². The molecule has 0 unspecified atom stereocenters. The number of aromatic nitrogens is 3. The molecule has 0 bridgehead atoms. The molecule has 2 aromatic heterocycles. The Kier molecular flexibility index (Phi) is 1.68. The van der Waals surface area contributed by atoms with E-state index in [4.69, 9.17) is 15.8 Å². The number of nitrogens with two attached hydrogens (primary N) is 1. The van der Waals surface area contributed by atoms with Gasteiger partial charge in [-0.2, -0.15) is 4.98 Å². The molecule has 0 aromatic carbocycles. The van der Waals surface area contributed by atoms with Crippen LogP contribution in [0.4, 0.5) is 5.95 Å². The predicted octanol–water partition coefficient (Wildman–Crippen LogP) is -2.01. The molecule has 0 fully saturated rings. The van der Waals surface area contributed by atoms with E-state index >= 15 is 0 Å². The number of hydrogen-bond acceptors (Lipinski definition) is 5. The van der Waals surface area contributed by atoms with E-state index in [9.17, 15) is 0 Å². The number of nitrogens with zero attached hydrogens (tertiary/aromatic N) is 3. The van der Waals surface area contributed by atoms with Crippen molar-refractivity contribution in [3.8, 4) is 0 Å². The molecule has 0 radical (unpaired) electrons. The number of nitrogen functional groups attached to an aromatic ring is 1. The van der Waals surface area contributed by atoms with Crippen molar-refractivity contribution in [2.75, 3.05) is 5.73 Å². The van der Waals surface area contributed by atoms with Gasteiger partial charge >= 0.3 is 7.12 Å². The first kappa shape index (κ1) is 8.02. The molecule has 0 saturated carbocycles. The Labute approximate surface area is 73.8 Å². The van der Waals surface area contributed by atoms with Gasteiger partial charge in [-0.15, -0.1) is 5.10 Å². The van der Waals surface area contributed by atoms with Gasteiger partial charge in [-0.1, -0.05) is 6.07 Å². The number of anilines is 1. The standard InChI is InChI=1S/C6H7BN4O2/c8-6-9-5-4(7(12)13)2-1-3-11(5)10-6/h1-3,12-13H,(H2,8,10). The van der Waals surface area contributed by atoms with Gasteiger partial charge in [0.1, 0.15) is 0 Å². The van der Waals surface area contributed by atoms with Crippen LogP contribution >= 0.6 is 0 Å². The summed E-state index contributed by atoms with van der Waals surface area (Å²) in [4.78, 5) is 3.84. The maximum Gasteiger partial charge on any atom is 0.492 e. The Morgan fingerprint density at radius 1 is 1.46 bits per heavy atom. The van der Waals surface area contributed by atoms with Crippen molar-refractivity contribution in [2.24, 2.45) is 0 Å². The number of rotatable bonds is 1. The van der Waals surface area contributed by atoms with E-state index in [2.05, 4.69) is 10.1 Å². The highest BCUT2D eigenvalue weighted by molar-refractivity contribution is 6.60. The van der Waals surface area contributed by atoms with Gasteiger partial charge in [0.05, 0.1) is 0 Å². The molecule has 0 aliphatic carbocycles. The number of hydrogen-bond donors (Lipinski definition) is 3. The fourth-order valence-corrected chi connectivity index (χ4v) is 1.14. The average molecular weight is 178 g/mol. The number of fused-ring (bicyclic) bond motifs is 1. The fraction of sp³-hybridized carbons (Fsp3) is 0. The van der Waals surface area contributed by atoms with Gasteiger partial charge in [0, 0.05) is 11.7 Å². The summed E-state index contributed by atoms with van der Waals surface area (Å²) in [6.45, 7) is 0. The van der Waals surface area contributed by atoms with Crippen molar-refractivity contribution in [1.82, 2.24) is 14.6 Å². The molecule has 13 heavy (non-hydrogen) atoms. The van der Waals surface area contributed by atoms with E-state index in [0.717, 1.165) is 0 Å². The molecule has 2 heterocycles. The monoisotopic (exact) mass is 178 g/mol. The third-order valence-corrected chi connectivity index (χ3v) is 1.69. The second kappa shape index (κ2) is 2.72. The zero-order valence-corrected chi connectivity index (χ0v) is 6.62. The number of pyridine rings is 1. The molecule has 0 atom stereocenters. The minimum absolute atomic E-state index is 0.105. The molecule has 0 aliphatic rings. The lowest BCUT2D eigenvalue weighted by Gasteiger charge is -1.98. The third-order valence-electron chi connectivity index (χ3n) is 1.69. The second-order valence-corrected chi connectivity index (χ2v) is 2.58. The molecular formula is C6H7BN4O2. The molecule has 7 heteroatoms. The van der Waals surface area contributed by atoms with E-state index in [0.29, 0.717) is 5.65 Å². The van der Waals surface area contributed by atoms with Crippen LogP contribution in [0, 0.1) is 0 Å².